The van der Waals surface area contributed by atoms with Crippen molar-refractivity contribution in [2.45, 2.75) is 25.0 Å². The maximum atomic E-state index is 15.3. The minimum absolute atomic E-state index is 0.220. The lowest BCUT2D eigenvalue weighted by Gasteiger charge is -2.24. The van der Waals surface area contributed by atoms with Crippen LogP contribution in [0.25, 0.3) is 22.2 Å². The number of halogens is 4. The Balaban J connectivity index is 1.32. The topological polar surface area (TPSA) is 80.3 Å². The van der Waals surface area contributed by atoms with Gasteiger partial charge >= 0.3 is 6.03 Å². The Morgan fingerprint density at radius 3 is 2.54 bits per heavy atom. The van der Waals surface area contributed by atoms with E-state index >= 15 is 4.39 Å². The number of benzene rings is 2. The van der Waals surface area contributed by atoms with Crippen molar-refractivity contribution in [3.05, 3.63) is 71.7 Å². The third kappa shape index (κ3) is 3.14. The monoisotopic (exact) mass is 482 g/mol. The van der Waals surface area contributed by atoms with E-state index in [1.165, 1.54) is 22.2 Å². The summed E-state index contributed by atoms with van der Waals surface area (Å²) in [6, 6.07) is 4.86. The van der Waals surface area contributed by atoms with E-state index in [9.17, 15) is 18.0 Å². The second kappa shape index (κ2) is 7.42. The number of rotatable bonds is 4. The smallest absolute Gasteiger partial charge is 0.325 e. The highest BCUT2D eigenvalue weighted by Gasteiger charge is 2.57. The van der Waals surface area contributed by atoms with Gasteiger partial charge in [-0.1, -0.05) is 0 Å². The first-order valence-electron chi connectivity index (χ1n) is 10.8. The van der Waals surface area contributed by atoms with Crippen molar-refractivity contribution in [3.63, 3.8) is 0 Å². The van der Waals surface area contributed by atoms with Gasteiger partial charge in [0.15, 0.2) is 11.6 Å². The first-order chi connectivity index (χ1) is 16.8. The van der Waals surface area contributed by atoms with Crippen LogP contribution < -0.4 is 10.6 Å². The lowest BCUT2D eigenvalue weighted by atomic mass is 10.0. The van der Waals surface area contributed by atoms with Crippen LogP contribution in [0.2, 0.25) is 0 Å². The molecule has 4 aromatic rings. The second-order valence-corrected chi connectivity index (χ2v) is 8.75. The summed E-state index contributed by atoms with van der Waals surface area (Å²) in [5, 5.41) is 0.520. The molecule has 2 unspecified atom stereocenters. The van der Waals surface area contributed by atoms with Crippen molar-refractivity contribution in [1.82, 2.24) is 19.4 Å². The van der Waals surface area contributed by atoms with Crippen LogP contribution in [0, 0.1) is 23.3 Å². The van der Waals surface area contributed by atoms with Gasteiger partial charge in [-0.3, -0.25) is 4.90 Å². The lowest BCUT2D eigenvalue weighted by Crippen LogP contribution is -2.37. The van der Waals surface area contributed by atoms with Gasteiger partial charge in [0.25, 0.3) is 0 Å². The van der Waals surface area contributed by atoms with E-state index in [1.54, 1.807) is 29.9 Å². The molecule has 2 aromatic heterocycles. The third-order valence-electron chi connectivity index (χ3n) is 6.68. The molecule has 6 rings (SSSR count). The van der Waals surface area contributed by atoms with Gasteiger partial charge in [-0.05, 0) is 36.8 Å². The van der Waals surface area contributed by atoms with Crippen LogP contribution in [0.15, 0.2) is 42.9 Å². The Bertz CT molecular complexity index is 1540. The molecule has 1 aliphatic heterocycles. The van der Waals surface area contributed by atoms with Gasteiger partial charge < -0.3 is 15.2 Å². The van der Waals surface area contributed by atoms with Crippen molar-refractivity contribution >= 4 is 28.6 Å². The quantitative estimate of drug-likeness (QED) is 0.346. The first kappa shape index (κ1) is 21.4. The molecule has 11 heteroatoms. The molecular weight excluding hydrogens is 464 g/mol. The molecule has 178 valence electrons. The number of amides is 2. The van der Waals surface area contributed by atoms with E-state index in [1.807, 2.05) is 0 Å². The Hall–Kier alpha value is -4.15. The van der Waals surface area contributed by atoms with E-state index in [2.05, 4.69) is 9.97 Å². The summed E-state index contributed by atoms with van der Waals surface area (Å²) in [5.41, 5.74) is 7.15. The molecule has 1 aliphatic carbocycles. The first-order valence-corrected chi connectivity index (χ1v) is 10.8. The average Bonchev–Trinajstić information content (AvgIpc) is 3.44. The molecule has 0 spiro atoms. The molecule has 1 saturated carbocycles. The summed E-state index contributed by atoms with van der Waals surface area (Å²) in [6.45, 7) is -0.415. The summed E-state index contributed by atoms with van der Waals surface area (Å²) in [7, 11) is 1.76. The molecule has 2 aromatic carbocycles. The zero-order valence-corrected chi connectivity index (χ0v) is 18.3. The number of aryl methyl sites for hydroxylation is 1. The molecule has 2 fully saturated rings. The van der Waals surface area contributed by atoms with Crippen LogP contribution in [-0.2, 0) is 13.6 Å². The molecule has 35 heavy (non-hydrogen) atoms. The highest BCUT2D eigenvalue weighted by atomic mass is 19.2. The van der Waals surface area contributed by atoms with Crippen molar-refractivity contribution in [1.29, 1.82) is 0 Å². The minimum Gasteiger partial charge on any atom is -0.383 e. The Morgan fingerprint density at radius 2 is 1.77 bits per heavy atom. The number of nitrogen functional groups attached to an aromatic ring is 1. The van der Waals surface area contributed by atoms with Crippen molar-refractivity contribution in [2.75, 3.05) is 10.6 Å². The summed E-state index contributed by atoms with van der Waals surface area (Å²) < 4.78 is 59.0. The standard InChI is InChI=1S/C24H18F4N6O/c1-32-8-13(20-22(29)30-10-31-23(20)32)12-3-2-11(6-17(12)27)34-19-7-18(19)33(24(34)35)9-14-15(25)4-5-16(26)21(14)28/h2-6,8,10,18-19H,7,9H2,1H3,(H2,29,30,31). The Labute approximate surface area is 196 Å². The third-order valence-corrected chi connectivity index (χ3v) is 6.68. The lowest BCUT2D eigenvalue weighted by molar-refractivity contribution is 0.208. The molecule has 1 saturated heterocycles. The van der Waals surface area contributed by atoms with E-state index in [0.717, 1.165) is 6.07 Å². The zero-order valence-electron chi connectivity index (χ0n) is 18.3. The number of urea groups is 1. The zero-order chi connectivity index (χ0) is 24.6. The van der Waals surface area contributed by atoms with E-state index in [4.69, 9.17) is 5.73 Å². The molecule has 2 amide bonds. The highest BCUT2D eigenvalue weighted by molar-refractivity contribution is 6.01. The van der Waals surface area contributed by atoms with Crippen molar-refractivity contribution in [3.8, 4) is 11.1 Å². The largest absolute Gasteiger partial charge is 0.383 e. The van der Waals surface area contributed by atoms with Gasteiger partial charge in [0.2, 0.25) is 0 Å². The summed E-state index contributed by atoms with van der Waals surface area (Å²) >= 11 is 0. The highest BCUT2D eigenvalue weighted by Crippen LogP contribution is 2.45. The summed E-state index contributed by atoms with van der Waals surface area (Å²) in [6.07, 6.45) is 3.60. The van der Waals surface area contributed by atoms with Gasteiger partial charge in [-0.2, -0.15) is 0 Å². The summed E-state index contributed by atoms with van der Waals surface area (Å²) in [4.78, 5) is 24.0. The maximum Gasteiger partial charge on any atom is 0.325 e. The van der Waals surface area contributed by atoms with Gasteiger partial charge in [-0.15, -0.1) is 0 Å². The average molecular weight is 482 g/mol. The van der Waals surface area contributed by atoms with Crippen LogP contribution in [-0.4, -0.2) is 37.5 Å². The minimum atomic E-state index is -1.32. The van der Waals surface area contributed by atoms with Gasteiger partial charge in [0.1, 0.15) is 29.4 Å². The number of hydrogen-bond acceptors (Lipinski definition) is 4. The fourth-order valence-electron chi connectivity index (χ4n) is 4.89. The SMILES string of the molecule is Cn1cc(-c2ccc(N3C(=O)N(Cc4c(F)ccc(F)c4F)C4CC43)cc2F)c2c(N)ncnc21. The maximum absolute atomic E-state index is 15.3. The van der Waals surface area contributed by atoms with Crippen molar-refractivity contribution in [2.24, 2.45) is 7.05 Å². The van der Waals surface area contributed by atoms with Crippen LogP contribution in [0.4, 0.5) is 33.9 Å². The fourth-order valence-corrected chi connectivity index (χ4v) is 4.89. The van der Waals surface area contributed by atoms with Crippen molar-refractivity contribution < 1.29 is 22.4 Å². The molecule has 0 bridgehead atoms. The van der Waals surface area contributed by atoms with Gasteiger partial charge in [0.05, 0.1) is 24.0 Å². The van der Waals surface area contributed by atoms with E-state index in [-0.39, 0.29) is 23.5 Å². The normalized spacial score (nSPS) is 19.1. The Kier molecular flexibility index (Phi) is 4.54. The van der Waals surface area contributed by atoms with Gasteiger partial charge in [-0.25, -0.2) is 32.3 Å². The molecule has 3 heterocycles. The molecule has 2 aliphatic rings. The van der Waals surface area contributed by atoms with Crippen LogP contribution in [0.5, 0.6) is 0 Å². The number of fused-ring (bicyclic) bond motifs is 2. The number of carbonyl (C=O) groups excluding carboxylic acids is 1. The van der Waals surface area contributed by atoms with Crippen LogP contribution in [0.3, 0.4) is 0 Å². The summed E-state index contributed by atoms with van der Waals surface area (Å²) in [5.74, 6) is -3.79. The van der Waals surface area contributed by atoms with E-state index in [0.29, 0.717) is 34.8 Å². The fraction of sp³-hybridized carbons (Fsp3) is 0.208. The molecule has 0 radical (unpaired) electrons. The van der Waals surface area contributed by atoms with Crippen LogP contribution in [0.1, 0.15) is 12.0 Å². The number of nitrogens with two attached hydrogens (primary N) is 1. The van der Waals surface area contributed by atoms with Crippen LogP contribution >= 0.6 is 0 Å². The molecule has 2 N–H and O–H groups in total. The predicted molar refractivity (Wildman–Crippen MR) is 120 cm³/mol. The number of anilines is 2. The number of aromatic nitrogens is 3. The molecule has 7 nitrogen and oxygen atoms in total. The number of nitrogens with zero attached hydrogens (tertiary/aromatic N) is 5. The number of carbonyl (C=O) groups is 1. The predicted octanol–water partition coefficient (Wildman–Crippen LogP) is 4.36. The Morgan fingerprint density at radius 1 is 1.00 bits per heavy atom. The molecule has 2 atom stereocenters. The second-order valence-electron chi connectivity index (χ2n) is 8.75. The molecular formula is C24H18F4N6O. The number of hydrogen-bond donors (Lipinski definition) is 1. The van der Waals surface area contributed by atoms with E-state index < -0.39 is 41.4 Å². The van der Waals surface area contributed by atoms with Gasteiger partial charge in [0, 0.05) is 35.6 Å².